The lowest BCUT2D eigenvalue weighted by Gasteiger charge is -2.13. The number of rotatable bonds is 10. The quantitative estimate of drug-likeness (QED) is 0.198. The predicted molar refractivity (Wildman–Crippen MR) is 133 cm³/mol. The van der Waals surface area contributed by atoms with E-state index in [1.54, 1.807) is 24.3 Å². The summed E-state index contributed by atoms with van der Waals surface area (Å²) in [5, 5.41) is 6.97. The summed E-state index contributed by atoms with van der Waals surface area (Å²) in [6.07, 6.45) is 1.49. The molecule has 1 amide bonds. The van der Waals surface area contributed by atoms with Gasteiger partial charge in [-0.2, -0.15) is 5.10 Å². The van der Waals surface area contributed by atoms with E-state index in [1.807, 2.05) is 31.2 Å². The summed E-state index contributed by atoms with van der Waals surface area (Å²) in [6, 6.07) is 17.4. The van der Waals surface area contributed by atoms with Crippen LogP contribution in [0.5, 0.6) is 23.0 Å². The number of benzene rings is 3. The second-order valence-corrected chi connectivity index (χ2v) is 7.39. The number of hydrogen-bond donors (Lipinski definition) is 2. The highest BCUT2D eigenvalue weighted by Gasteiger charge is 2.18. The van der Waals surface area contributed by atoms with Crippen LogP contribution in [0.1, 0.15) is 21.5 Å². The summed E-state index contributed by atoms with van der Waals surface area (Å²) < 4.78 is 21.2. The molecule has 182 valence electrons. The van der Waals surface area contributed by atoms with Gasteiger partial charge in [-0.05, 0) is 61.0 Å². The number of carbonyl (C=O) groups is 2. The number of aryl methyl sites for hydroxylation is 1. The molecule has 0 saturated heterocycles. The third kappa shape index (κ3) is 6.97. The van der Waals surface area contributed by atoms with Crippen LogP contribution >= 0.6 is 0 Å². The molecule has 0 bridgehead atoms. The van der Waals surface area contributed by atoms with Gasteiger partial charge < -0.3 is 24.3 Å². The fourth-order valence-corrected chi connectivity index (χ4v) is 3.06. The Balaban J connectivity index is 1.54. The molecule has 9 nitrogen and oxygen atoms in total. The van der Waals surface area contributed by atoms with Crippen LogP contribution in [0.4, 0.5) is 5.69 Å². The summed E-state index contributed by atoms with van der Waals surface area (Å²) in [7, 11) is 4.42. The van der Waals surface area contributed by atoms with Crippen LogP contribution in [-0.2, 0) is 4.79 Å². The number of amides is 1. The molecule has 0 aromatic heterocycles. The maximum atomic E-state index is 12.6. The minimum absolute atomic E-state index is 0.0935. The first-order valence-electron chi connectivity index (χ1n) is 10.7. The number of hydrogen-bond acceptors (Lipinski definition) is 8. The molecule has 0 aliphatic carbocycles. The lowest BCUT2D eigenvalue weighted by molar-refractivity contribution is -0.119. The molecular formula is C26H27N3O6. The first-order valence-corrected chi connectivity index (χ1v) is 10.7. The zero-order valence-corrected chi connectivity index (χ0v) is 20.0. The molecule has 0 aliphatic rings. The highest BCUT2D eigenvalue weighted by atomic mass is 16.5. The summed E-state index contributed by atoms with van der Waals surface area (Å²) in [5.41, 5.74) is 5.41. The van der Waals surface area contributed by atoms with Gasteiger partial charge in [-0.1, -0.05) is 17.7 Å². The number of methoxy groups -OCH3 is 3. The van der Waals surface area contributed by atoms with Gasteiger partial charge in [-0.25, -0.2) is 10.2 Å². The van der Waals surface area contributed by atoms with Crippen LogP contribution in [-0.4, -0.2) is 46.0 Å². The van der Waals surface area contributed by atoms with Gasteiger partial charge in [-0.3, -0.25) is 4.79 Å². The molecule has 0 unspecified atom stereocenters. The van der Waals surface area contributed by atoms with Gasteiger partial charge in [-0.15, -0.1) is 0 Å². The average Bonchev–Trinajstić information content (AvgIpc) is 2.88. The molecule has 2 N–H and O–H groups in total. The van der Waals surface area contributed by atoms with Crippen molar-refractivity contribution < 1.29 is 28.5 Å². The van der Waals surface area contributed by atoms with Crippen molar-refractivity contribution in [3.05, 3.63) is 77.4 Å². The minimum atomic E-state index is -0.584. The van der Waals surface area contributed by atoms with Crippen LogP contribution in [0, 0.1) is 6.92 Å². The first kappa shape index (κ1) is 25.1. The molecule has 0 radical (unpaired) electrons. The number of nitrogens with one attached hydrogen (secondary N) is 2. The predicted octanol–water partition coefficient (Wildman–Crippen LogP) is 3.80. The van der Waals surface area contributed by atoms with E-state index in [9.17, 15) is 9.59 Å². The van der Waals surface area contributed by atoms with Crippen molar-refractivity contribution in [2.75, 3.05) is 33.2 Å². The number of carbonyl (C=O) groups excluding carboxylic acids is 2. The van der Waals surface area contributed by atoms with Crippen molar-refractivity contribution in [1.29, 1.82) is 0 Å². The Kier molecular flexibility index (Phi) is 8.66. The third-order valence-corrected chi connectivity index (χ3v) is 4.90. The molecule has 9 heteroatoms. The second kappa shape index (κ2) is 12.1. The highest BCUT2D eigenvalue weighted by Crippen LogP contribution is 2.38. The van der Waals surface area contributed by atoms with Gasteiger partial charge in [0.1, 0.15) is 5.75 Å². The molecular weight excluding hydrogens is 450 g/mol. The van der Waals surface area contributed by atoms with E-state index in [-0.39, 0.29) is 18.0 Å². The van der Waals surface area contributed by atoms with Crippen molar-refractivity contribution in [3.63, 3.8) is 0 Å². The fourth-order valence-electron chi connectivity index (χ4n) is 3.06. The van der Waals surface area contributed by atoms with Crippen LogP contribution < -0.4 is 29.7 Å². The number of ether oxygens (including phenoxy) is 4. The van der Waals surface area contributed by atoms with Gasteiger partial charge in [0.25, 0.3) is 5.91 Å². The molecule has 0 spiro atoms. The van der Waals surface area contributed by atoms with Gasteiger partial charge in [0.15, 0.2) is 11.5 Å². The molecule has 35 heavy (non-hydrogen) atoms. The van der Waals surface area contributed by atoms with E-state index in [1.165, 1.54) is 39.7 Å². The summed E-state index contributed by atoms with van der Waals surface area (Å²) >= 11 is 0. The van der Waals surface area contributed by atoms with Crippen LogP contribution in [0.3, 0.4) is 0 Å². The van der Waals surface area contributed by atoms with E-state index in [0.717, 1.165) is 11.3 Å². The maximum absolute atomic E-state index is 12.6. The van der Waals surface area contributed by atoms with Crippen LogP contribution in [0.2, 0.25) is 0 Å². The normalized spacial score (nSPS) is 10.5. The minimum Gasteiger partial charge on any atom is -0.493 e. The molecule has 3 rings (SSSR count). The van der Waals surface area contributed by atoms with E-state index >= 15 is 0 Å². The smallest absolute Gasteiger partial charge is 0.343 e. The Morgan fingerprint density at radius 3 is 2.09 bits per heavy atom. The van der Waals surface area contributed by atoms with Crippen molar-refractivity contribution >= 4 is 23.8 Å². The maximum Gasteiger partial charge on any atom is 0.343 e. The van der Waals surface area contributed by atoms with E-state index < -0.39 is 5.97 Å². The number of esters is 1. The Morgan fingerprint density at radius 2 is 1.51 bits per heavy atom. The van der Waals surface area contributed by atoms with Crippen LogP contribution in [0.25, 0.3) is 0 Å². The molecule has 0 atom stereocenters. The molecule has 3 aromatic rings. The van der Waals surface area contributed by atoms with Crippen LogP contribution in [0.15, 0.2) is 65.8 Å². The fraction of sp³-hybridized carbons (Fsp3) is 0.192. The molecule has 3 aromatic carbocycles. The topological polar surface area (TPSA) is 107 Å². The average molecular weight is 478 g/mol. The zero-order chi connectivity index (χ0) is 25.2. The Labute approximate surface area is 203 Å². The lowest BCUT2D eigenvalue weighted by Crippen LogP contribution is -2.25. The monoisotopic (exact) mass is 477 g/mol. The third-order valence-electron chi connectivity index (χ3n) is 4.90. The van der Waals surface area contributed by atoms with Gasteiger partial charge in [0.05, 0.1) is 39.7 Å². The van der Waals surface area contributed by atoms with Crippen molar-refractivity contribution in [2.24, 2.45) is 5.10 Å². The van der Waals surface area contributed by atoms with Gasteiger partial charge in [0.2, 0.25) is 5.75 Å². The van der Waals surface area contributed by atoms with Crippen molar-refractivity contribution in [1.82, 2.24) is 5.43 Å². The molecule has 0 aliphatic heterocycles. The van der Waals surface area contributed by atoms with E-state index in [4.69, 9.17) is 18.9 Å². The van der Waals surface area contributed by atoms with E-state index in [2.05, 4.69) is 15.8 Å². The number of hydrazone groups is 1. The zero-order valence-electron chi connectivity index (χ0n) is 20.0. The van der Waals surface area contributed by atoms with E-state index in [0.29, 0.717) is 28.6 Å². The Morgan fingerprint density at radius 1 is 0.886 bits per heavy atom. The number of nitrogens with zero attached hydrogens (tertiary/aromatic N) is 1. The lowest BCUT2D eigenvalue weighted by atomic mass is 10.2. The summed E-state index contributed by atoms with van der Waals surface area (Å²) in [5.74, 6) is 0.556. The standard InChI is InChI=1S/C26H27N3O6/c1-17-5-9-20(10-6-17)27-16-24(30)29-28-15-18-7-11-21(12-8-18)35-26(31)19-13-22(32-2)25(34-4)23(14-19)33-3/h5-15,27H,16H2,1-4H3,(H,29,30). The number of anilines is 1. The van der Waals surface area contributed by atoms with Crippen molar-refractivity contribution in [3.8, 4) is 23.0 Å². The summed E-state index contributed by atoms with van der Waals surface area (Å²) in [6.45, 7) is 2.09. The Bertz CT molecular complexity index is 1170. The largest absolute Gasteiger partial charge is 0.493 e. The SMILES string of the molecule is COc1cc(C(=O)Oc2ccc(C=NNC(=O)CNc3ccc(C)cc3)cc2)cc(OC)c1OC. The van der Waals surface area contributed by atoms with Gasteiger partial charge in [0, 0.05) is 5.69 Å². The van der Waals surface area contributed by atoms with Gasteiger partial charge >= 0.3 is 5.97 Å². The molecule has 0 heterocycles. The second-order valence-electron chi connectivity index (χ2n) is 7.39. The summed E-state index contributed by atoms with van der Waals surface area (Å²) in [4.78, 5) is 24.6. The highest BCUT2D eigenvalue weighted by molar-refractivity contribution is 5.93. The molecule has 0 saturated carbocycles. The first-order chi connectivity index (χ1) is 16.9. The Hall–Kier alpha value is -4.53. The molecule has 0 fully saturated rings. The van der Waals surface area contributed by atoms with Crippen molar-refractivity contribution in [2.45, 2.75) is 6.92 Å².